The molecule has 0 aromatic carbocycles. The number of hydrogen-bond donors (Lipinski definition) is 2. The third kappa shape index (κ3) is 1.20. The first-order valence-electron chi connectivity index (χ1n) is 3.92. The molecule has 2 aliphatic rings. The van der Waals surface area contributed by atoms with Crippen molar-refractivity contribution >= 4 is 24.0 Å². The summed E-state index contributed by atoms with van der Waals surface area (Å²) in [7, 11) is 3.41. The van der Waals surface area contributed by atoms with Crippen molar-refractivity contribution in [3.8, 4) is 0 Å². The van der Waals surface area contributed by atoms with Gasteiger partial charge in [-0.2, -0.15) is 0 Å². The first kappa shape index (κ1) is 7.90. The first-order valence-corrected chi connectivity index (χ1v) is 3.92. The Hall–Kier alpha value is -1.72. The van der Waals surface area contributed by atoms with Crippen LogP contribution in [0.25, 0.3) is 0 Å². The molecule has 2 rings (SSSR count). The van der Waals surface area contributed by atoms with Crippen molar-refractivity contribution in [1.82, 2.24) is 10.6 Å². The van der Waals surface area contributed by atoms with Crippen molar-refractivity contribution in [1.29, 1.82) is 0 Å². The maximum absolute atomic E-state index is 4.14. The molecule has 2 heterocycles. The van der Waals surface area contributed by atoms with Crippen LogP contribution in [0.1, 0.15) is 0 Å². The van der Waals surface area contributed by atoms with Crippen LogP contribution in [0.15, 0.2) is 20.0 Å². The molecule has 0 aromatic rings. The van der Waals surface area contributed by atoms with E-state index in [4.69, 9.17) is 0 Å². The highest BCUT2D eigenvalue weighted by atomic mass is 15.3. The van der Waals surface area contributed by atoms with E-state index in [9.17, 15) is 0 Å². The average Bonchev–Trinajstić information content (AvgIpc) is 2.63. The third-order valence-corrected chi connectivity index (χ3v) is 1.89. The lowest BCUT2D eigenvalue weighted by atomic mass is 10.2. The molecule has 2 aliphatic heterocycles. The molecule has 1 saturated heterocycles. The van der Waals surface area contributed by atoms with E-state index in [1.54, 1.807) is 14.1 Å². The average molecular weight is 178 g/mol. The van der Waals surface area contributed by atoms with Gasteiger partial charge in [-0.1, -0.05) is 0 Å². The van der Waals surface area contributed by atoms with Crippen LogP contribution >= 0.6 is 0 Å². The van der Waals surface area contributed by atoms with Gasteiger partial charge in [-0.25, -0.2) is 4.99 Å². The Morgan fingerprint density at radius 2 is 2.15 bits per heavy atom. The highest BCUT2D eigenvalue weighted by Crippen LogP contribution is 2.04. The van der Waals surface area contributed by atoms with E-state index in [1.807, 2.05) is 0 Å². The van der Waals surface area contributed by atoms with Crippen LogP contribution in [0.4, 0.5) is 0 Å². The zero-order chi connectivity index (χ0) is 9.26. The van der Waals surface area contributed by atoms with Gasteiger partial charge >= 0.3 is 0 Å². The van der Waals surface area contributed by atoms with Crippen molar-refractivity contribution < 1.29 is 0 Å². The molecular weight excluding hydrogens is 168 g/mol. The topological polar surface area (TPSA) is 73.5 Å². The lowest BCUT2D eigenvalue weighted by Gasteiger charge is -2.23. The molecule has 2 N–H and O–H groups in total. The molecule has 13 heavy (non-hydrogen) atoms. The second-order valence-electron chi connectivity index (χ2n) is 2.61. The van der Waals surface area contributed by atoms with Gasteiger partial charge in [0.05, 0.1) is 0 Å². The Bertz CT molecular complexity index is 337. The molecule has 0 saturated carbocycles. The van der Waals surface area contributed by atoms with E-state index in [0.717, 1.165) is 11.7 Å². The lowest BCUT2D eigenvalue weighted by molar-refractivity contribution is 0.983. The van der Waals surface area contributed by atoms with Crippen molar-refractivity contribution in [3.63, 3.8) is 0 Å². The first-order chi connectivity index (χ1) is 6.35. The Morgan fingerprint density at radius 1 is 1.31 bits per heavy atom. The summed E-state index contributed by atoms with van der Waals surface area (Å²) in [5.41, 5.74) is 0. The number of aliphatic imine (C=N–C) groups is 4. The van der Waals surface area contributed by atoms with Crippen molar-refractivity contribution in [2.24, 2.45) is 20.0 Å². The molecule has 68 valence electrons. The summed E-state index contributed by atoms with van der Waals surface area (Å²) in [5.74, 6) is 2.20. The number of amidine groups is 2. The largest absolute Gasteiger partial charge is 0.312 e. The normalized spacial score (nSPS) is 31.2. The van der Waals surface area contributed by atoms with Gasteiger partial charge in [0.15, 0.2) is 6.04 Å². The molecule has 1 fully saturated rings. The molecule has 0 spiro atoms. The predicted octanol–water partition coefficient (Wildman–Crippen LogP) is -0.998. The Labute approximate surface area is 75.6 Å². The van der Waals surface area contributed by atoms with Crippen LogP contribution in [-0.4, -0.2) is 44.1 Å². The molecule has 0 radical (unpaired) electrons. The molecule has 6 nitrogen and oxygen atoms in total. The molecule has 0 bridgehead atoms. The fourth-order valence-electron chi connectivity index (χ4n) is 1.24. The van der Waals surface area contributed by atoms with E-state index < -0.39 is 0 Å². The maximum atomic E-state index is 4.14. The van der Waals surface area contributed by atoms with Gasteiger partial charge in [0.2, 0.25) is 5.96 Å². The van der Waals surface area contributed by atoms with Gasteiger partial charge in [-0.05, 0) is 0 Å². The zero-order valence-electron chi connectivity index (χ0n) is 7.44. The second-order valence-corrected chi connectivity index (χ2v) is 2.61. The van der Waals surface area contributed by atoms with Crippen LogP contribution < -0.4 is 10.6 Å². The van der Waals surface area contributed by atoms with Gasteiger partial charge in [0.1, 0.15) is 18.0 Å². The zero-order valence-corrected chi connectivity index (χ0v) is 7.44. The molecule has 0 amide bonds. The maximum Gasteiger partial charge on any atom is 0.202 e. The minimum atomic E-state index is -0.101. The summed E-state index contributed by atoms with van der Waals surface area (Å²) in [6.07, 6.45) is 1.53. The number of hydrogen-bond acceptors (Lipinski definition) is 4. The van der Waals surface area contributed by atoms with E-state index in [1.165, 1.54) is 6.34 Å². The number of rotatable bonds is 0. The highest BCUT2D eigenvalue weighted by Gasteiger charge is 2.30. The summed E-state index contributed by atoms with van der Waals surface area (Å²) in [5, 5.41) is 6.03. The van der Waals surface area contributed by atoms with Crippen molar-refractivity contribution in [3.05, 3.63) is 0 Å². The Kier molecular flexibility index (Phi) is 1.80. The van der Waals surface area contributed by atoms with Gasteiger partial charge < -0.3 is 10.6 Å². The minimum Gasteiger partial charge on any atom is -0.312 e. The molecule has 1 atom stereocenters. The van der Waals surface area contributed by atoms with Crippen LogP contribution in [0.2, 0.25) is 0 Å². The standard InChI is InChI=1S/C7H10N6/c1-8-5-4-6(11-3-10-4)13-7(9-2)12-5/h3-4H,1-2H3,(H2,8,9,10,11,12,13). The summed E-state index contributed by atoms with van der Waals surface area (Å²) >= 11 is 0. The molecule has 0 aromatic heterocycles. The fourth-order valence-corrected chi connectivity index (χ4v) is 1.24. The van der Waals surface area contributed by atoms with Crippen LogP contribution in [0.5, 0.6) is 0 Å². The van der Waals surface area contributed by atoms with Crippen LogP contribution in [0, 0.1) is 0 Å². The molecule has 1 unspecified atom stereocenters. The number of fused-ring (bicyclic) bond motifs is 1. The van der Waals surface area contributed by atoms with E-state index in [0.29, 0.717) is 5.96 Å². The van der Waals surface area contributed by atoms with Crippen molar-refractivity contribution in [2.75, 3.05) is 14.1 Å². The quantitative estimate of drug-likeness (QED) is 0.499. The van der Waals surface area contributed by atoms with Gasteiger partial charge in [0.25, 0.3) is 0 Å². The van der Waals surface area contributed by atoms with Gasteiger partial charge in [-0.15, -0.1) is 0 Å². The fraction of sp³-hybridized carbons (Fsp3) is 0.429. The number of nitrogens with zero attached hydrogens (tertiary/aromatic N) is 4. The van der Waals surface area contributed by atoms with E-state index in [-0.39, 0.29) is 6.04 Å². The summed E-state index contributed by atoms with van der Waals surface area (Å²) in [4.78, 5) is 16.3. The number of guanidine groups is 1. The molecular formula is C7H10N6. The lowest BCUT2D eigenvalue weighted by Crippen LogP contribution is -2.57. The monoisotopic (exact) mass is 178 g/mol. The van der Waals surface area contributed by atoms with Gasteiger partial charge in [-0.3, -0.25) is 15.0 Å². The third-order valence-electron chi connectivity index (χ3n) is 1.89. The Balaban J connectivity index is 2.32. The van der Waals surface area contributed by atoms with Crippen LogP contribution in [-0.2, 0) is 0 Å². The van der Waals surface area contributed by atoms with Gasteiger partial charge in [0, 0.05) is 14.1 Å². The highest BCUT2D eigenvalue weighted by molar-refractivity contribution is 6.26. The SMILES string of the molecule is CN=C1NC(=NC)C2N=CN=C2N1. The minimum absolute atomic E-state index is 0.101. The summed E-state index contributed by atoms with van der Waals surface area (Å²) in [6.45, 7) is 0. The van der Waals surface area contributed by atoms with E-state index >= 15 is 0 Å². The van der Waals surface area contributed by atoms with Crippen LogP contribution in [0.3, 0.4) is 0 Å². The second kappa shape index (κ2) is 2.96. The summed E-state index contributed by atoms with van der Waals surface area (Å²) < 4.78 is 0. The van der Waals surface area contributed by atoms with E-state index in [2.05, 4.69) is 30.6 Å². The smallest absolute Gasteiger partial charge is 0.202 e. The Morgan fingerprint density at radius 3 is 2.85 bits per heavy atom. The predicted molar refractivity (Wildman–Crippen MR) is 52.7 cm³/mol. The molecule has 6 heteroatoms. The number of nitrogens with one attached hydrogen (secondary N) is 2. The van der Waals surface area contributed by atoms with Crippen molar-refractivity contribution in [2.45, 2.75) is 6.04 Å². The molecule has 0 aliphatic carbocycles. The summed E-state index contributed by atoms with van der Waals surface area (Å²) in [6, 6.07) is -0.101.